The minimum atomic E-state index is -1.09. The smallest absolute Gasteiger partial charge is 0.326 e. The summed E-state index contributed by atoms with van der Waals surface area (Å²) in [6.45, 7) is 7.76. The van der Waals surface area contributed by atoms with E-state index >= 15 is 0 Å². The summed E-state index contributed by atoms with van der Waals surface area (Å²) in [5.41, 5.74) is 2.52. The molecule has 0 spiro atoms. The van der Waals surface area contributed by atoms with Crippen LogP contribution in [0.5, 0.6) is 0 Å². The van der Waals surface area contributed by atoms with E-state index < -0.39 is 29.9 Å². The fourth-order valence-electron chi connectivity index (χ4n) is 7.98. The van der Waals surface area contributed by atoms with Gasteiger partial charge < -0.3 is 25.7 Å². The van der Waals surface area contributed by atoms with Gasteiger partial charge in [-0.15, -0.1) is 0 Å². The van der Waals surface area contributed by atoms with E-state index in [0.717, 1.165) is 50.7 Å². The SMILES string of the molecule is CCC[C@@H](NC(=O)[C@@H](C)NC(=O)CO/N=C1/C=C2CC[C@H]3[C@@H]4CC[C@@H](O)[C@@]4(C)CC[C@@H]3[C@@]2(C)CC1)C(=O)O. The summed E-state index contributed by atoms with van der Waals surface area (Å²) in [7, 11) is 0. The number of oxime groups is 1. The number of fused-ring (bicyclic) bond motifs is 5. The molecule has 212 valence electrons. The molecule has 4 aliphatic rings. The van der Waals surface area contributed by atoms with Crippen molar-refractivity contribution < 1.29 is 29.4 Å². The maximum Gasteiger partial charge on any atom is 0.326 e. The zero-order valence-corrected chi connectivity index (χ0v) is 23.3. The molecule has 0 bridgehead atoms. The van der Waals surface area contributed by atoms with Crippen molar-refractivity contribution in [1.82, 2.24) is 10.6 Å². The lowest BCUT2D eigenvalue weighted by Crippen LogP contribution is -2.51. The van der Waals surface area contributed by atoms with Crippen LogP contribution in [0.3, 0.4) is 0 Å². The summed E-state index contributed by atoms with van der Waals surface area (Å²) < 4.78 is 0. The highest BCUT2D eigenvalue weighted by molar-refractivity contribution is 5.96. The fourth-order valence-corrected chi connectivity index (χ4v) is 7.98. The van der Waals surface area contributed by atoms with Gasteiger partial charge in [0.2, 0.25) is 5.91 Å². The van der Waals surface area contributed by atoms with E-state index in [1.54, 1.807) is 0 Å². The highest BCUT2D eigenvalue weighted by Crippen LogP contribution is 2.65. The summed E-state index contributed by atoms with van der Waals surface area (Å²) in [6, 6.07) is -1.86. The van der Waals surface area contributed by atoms with Gasteiger partial charge in [0, 0.05) is 0 Å². The molecular formula is C29H45N3O6. The Labute approximate surface area is 225 Å². The minimum Gasteiger partial charge on any atom is -0.480 e. The molecule has 3 saturated carbocycles. The molecule has 9 nitrogen and oxygen atoms in total. The standard InChI is InChI=1S/C29H45N3O6/c1-5-6-23(27(36)37)31-26(35)17(2)30-25(34)16-38-32-19-11-13-28(3)18(15-19)7-8-20-21-9-10-24(33)29(21,4)14-12-22(20)28/h15,17,20-24,33H,5-14,16H2,1-4H3,(H,30,34)(H,31,35)(H,36,37)/b32-19+/t17-,20+,21+,22+,23-,24-,28+,29+/m1/s1. The van der Waals surface area contributed by atoms with Crippen LogP contribution < -0.4 is 10.6 Å². The second kappa shape index (κ2) is 11.4. The highest BCUT2D eigenvalue weighted by atomic mass is 16.6. The summed E-state index contributed by atoms with van der Waals surface area (Å²) in [5.74, 6) is -0.186. The van der Waals surface area contributed by atoms with E-state index in [-0.39, 0.29) is 23.5 Å². The third-order valence-corrected chi connectivity index (χ3v) is 10.3. The molecule has 0 saturated heterocycles. The maximum absolute atomic E-state index is 12.3. The van der Waals surface area contributed by atoms with E-state index in [9.17, 15) is 24.6 Å². The number of carboxylic acids is 1. The van der Waals surface area contributed by atoms with Crippen molar-refractivity contribution in [2.75, 3.05) is 6.61 Å². The van der Waals surface area contributed by atoms with Gasteiger partial charge in [-0.05, 0) is 99.4 Å². The predicted octanol–water partition coefficient (Wildman–Crippen LogP) is 3.56. The molecule has 0 aromatic rings. The van der Waals surface area contributed by atoms with Crippen LogP contribution in [0.15, 0.2) is 16.8 Å². The first kappa shape index (κ1) is 28.6. The number of nitrogens with one attached hydrogen (secondary N) is 2. The van der Waals surface area contributed by atoms with Crippen LogP contribution in [-0.4, -0.2) is 58.5 Å². The molecule has 4 N–H and O–H groups in total. The van der Waals surface area contributed by atoms with Crippen LogP contribution in [-0.2, 0) is 19.2 Å². The second-order valence-electron chi connectivity index (χ2n) is 12.5. The van der Waals surface area contributed by atoms with Gasteiger partial charge in [-0.1, -0.05) is 37.9 Å². The van der Waals surface area contributed by atoms with Gasteiger partial charge in [0.15, 0.2) is 6.61 Å². The number of aliphatic carboxylic acids is 1. The van der Waals surface area contributed by atoms with E-state index in [0.29, 0.717) is 30.6 Å². The van der Waals surface area contributed by atoms with E-state index in [1.165, 1.54) is 18.9 Å². The highest BCUT2D eigenvalue weighted by Gasteiger charge is 2.58. The third kappa shape index (κ3) is 5.49. The van der Waals surface area contributed by atoms with Crippen LogP contribution in [0.1, 0.15) is 91.9 Å². The Kier molecular flexibility index (Phi) is 8.55. The Morgan fingerprint density at radius 1 is 1.11 bits per heavy atom. The first-order valence-corrected chi connectivity index (χ1v) is 14.4. The monoisotopic (exact) mass is 531 g/mol. The number of nitrogens with zero attached hydrogens (tertiary/aromatic N) is 1. The maximum atomic E-state index is 12.3. The predicted molar refractivity (Wildman–Crippen MR) is 143 cm³/mol. The summed E-state index contributed by atoms with van der Waals surface area (Å²) in [4.78, 5) is 41.2. The molecule has 4 rings (SSSR count). The number of carbonyl (C=O) groups is 3. The van der Waals surface area contributed by atoms with Crippen molar-refractivity contribution in [2.45, 2.75) is 110 Å². The molecular weight excluding hydrogens is 486 g/mol. The molecule has 0 heterocycles. The van der Waals surface area contributed by atoms with Crippen LogP contribution >= 0.6 is 0 Å². The van der Waals surface area contributed by atoms with E-state index in [4.69, 9.17) is 4.84 Å². The lowest BCUT2D eigenvalue weighted by molar-refractivity contribution is -0.142. The van der Waals surface area contributed by atoms with Crippen molar-refractivity contribution in [3.63, 3.8) is 0 Å². The summed E-state index contributed by atoms with van der Waals surface area (Å²) in [6.07, 6.45) is 11.3. The number of allylic oxidation sites excluding steroid dienone is 2. The van der Waals surface area contributed by atoms with Gasteiger partial charge in [-0.2, -0.15) is 0 Å². The number of carbonyl (C=O) groups excluding carboxylic acids is 2. The Morgan fingerprint density at radius 2 is 1.87 bits per heavy atom. The zero-order chi connectivity index (χ0) is 27.7. The van der Waals surface area contributed by atoms with Crippen molar-refractivity contribution in [2.24, 2.45) is 33.7 Å². The number of hydrogen-bond donors (Lipinski definition) is 4. The first-order valence-electron chi connectivity index (χ1n) is 14.4. The average Bonchev–Trinajstić information content (AvgIpc) is 3.18. The third-order valence-electron chi connectivity index (χ3n) is 10.3. The number of amides is 2. The van der Waals surface area contributed by atoms with Crippen LogP contribution in [0, 0.1) is 28.6 Å². The molecule has 2 amide bonds. The van der Waals surface area contributed by atoms with Gasteiger partial charge in [0.05, 0.1) is 11.8 Å². The number of carboxylic acid groups (broad SMARTS) is 1. The zero-order valence-electron chi connectivity index (χ0n) is 23.3. The summed E-state index contributed by atoms with van der Waals surface area (Å²) in [5, 5.41) is 29.1. The van der Waals surface area contributed by atoms with Crippen LogP contribution in [0.4, 0.5) is 0 Å². The Bertz CT molecular complexity index is 995. The summed E-state index contributed by atoms with van der Waals surface area (Å²) >= 11 is 0. The molecule has 0 radical (unpaired) electrons. The Balaban J connectivity index is 1.30. The lowest BCUT2D eigenvalue weighted by atomic mass is 9.47. The lowest BCUT2D eigenvalue weighted by Gasteiger charge is -2.57. The number of aliphatic hydroxyl groups excluding tert-OH is 1. The van der Waals surface area contributed by atoms with Crippen molar-refractivity contribution in [1.29, 1.82) is 0 Å². The molecule has 3 fully saturated rings. The topological polar surface area (TPSA) is 137 Å². The largest absolute Gasteiger partial charge is 0.480 e. The quantitative estimate of drug-likeness (QED) is 0.336. The van der Waals surface area contributed by atoms with Crippen LogP contribution in [0.2, 0.25) is 0 Å². The molecule has 4 aliphatic carbocycles. The van der Waals surface area contributed by atoms with Crippen molar-refractivity contribution in [3.8, 4) is 0 Å². The Morgan fingerprint density at radius 3 is 2.58 bits per heavy atom. The van der Waals surface area contributed by atoms with Gasteiger partial charge in [-0.3, -0.25) is 9.59 Å². The van der Waals surface area contributed by atoms with E-state index in [1.807, 2.05) is 6.92 Å². The Hall–Kier alpha value is -2.42. The molecule has 0 unspecified atom stereocenters. The molecule has 8 atom stereocenters. The van der Waals surface area contributed by atoms with Crippen molar-refractivity contribution >= 4 is 23.5 Å². The average molecular weight is 532 g/mol. The molecule has 0 aromatic carbocycles. The minimum absolute atomic E-state index is 0.0834. The second-order valence-corrected chi connectivity index (χ2v) is 12.5. The first-order chi connectivity index (χ1) is 18.0. The molecule has 9 heteroatoms. The van der Waals surface area contributed by atoms with Crippen molar-refractivity contribution in [3.05, 3.63) is 11.6 Å². The number of rotatable bonds is 9. The van der Waals surface area contributed by atoms with Gasteiger partial charge in [0.25, 0.3) is 5.91 Å². The van der Waals surface area contributed by atoms with Gasteiger partial charge in [0.1, 0.15) is 12.1 Å². The van der Waals surface area contributed by atoms with Gasteiger partial charge >= 0.3 is 5.97 Å². The normalized spacial score (nSPS) is 36.7. The van der Waals surface area contributed by atoms with Crippen LogP contribution in [0.25, 0.3) is 0 Å². The molecule has 0 aliphatic heterocycles. The van der Waals surface area contributed by atoms with E-state index in [2.05, 4.69) is 35.7 Å². The molecule has 38 heavy (non-hydrogen) atoms. The fraction of sp³-hybridized carbons (Fsp3) is 0.793. The van der Waals surface area contributed by atoms with Gasteiger partial charge in [-0.25, -0.2) is 4.79 Å². The number of aliphatic hydroxyl groups is 1. The number of hydrogen-bond acceptors (Lipinski definition) is 6. The molecule has 0 aromatic heterocycles.